The van der Waals surface area contributed by atoms with Gasteiger partial charge in [-0.3, -0.25) is 4.40 Å². The van der Waals surface area contributed by atoms with E-state index in [1.165, 1.54) is 5.39 Å². The monoisotopic (exact) mass is 419 g/mol. The molecule has 2 heterocycles. The first-order valence-electron chi connectivity index (χ1n) is 9.38. The number of hydrogen-bond acceptors (Lipinski definition) is 4. The molecule has 0 saturated carbocycles. The molecule has 0 amide bonds. The molecule has 5 rings (SSSR count). The summed E-state index contributed by atoms with van der Waals surface area (Å²) in [5.41, 5.74) is 3.04. The zero-order valence-corrected chi connectivity index (χ0v) is 17.4. The van der Waals surface area contributed by atoms with Gasteiger partial charge in [-0.15, -0.1) is 10.2 Å². The normalized spacial score (nSPS) is 11.5. The zero-order valence-electron chi connectivity index (χ0n) is 15.8. The molecule has 0 fully saturated rings. The quantitative estimate of drug-likeness (QED) is 0.252. The number of rotatable bonds is 5. The highest BCUT2D eigenvalue weighted by molar-refractivity contribution is 7.99. The number of aryl methyl sites for hydroxylation is 1. The van der Waals surface area contributed by atoms with Crippen molar-refractivity contribution in [2.45, 2.75) is 12.1 Å². The Morgan fingerprint density at radius 1 is 0.966 bits per heavy atom. The summed E-state index contributed by atoms with van der Waals surface area (Å²) in [6.45, 7) is 2.65. The fourth-order valence-corrected chi connectivity index (χ4v) is 4.53. The molecule has 5 aromatic rings. The number of halogens is 1. The molecule has 0 N–H and O–H groups in total. The first kappa shape index (κ1) is 18.3. The van der Waals surface area contributed by atoms with E-state index in [9.17, 15) is 0 Å². The fraction of sp³-hybridized carbons (Fsp3) is 0.130. The van der Waals surface area contributed by atoms with Gasteiger partial charge in [0, 0.05) is 21.5 Å². The van der Waals surface area contributed by atoms with Crippen LogP contribution in [0.3, 0.4) is 0 Å². The predicted molar refractivity (Wildman–Crippen MR) is 120 cm³/mol. The molecule has 4 nitrogen and oxygen atoms in total. The van der Waals surface area contributed by atoms with E-state index in [1.54, 1.807) is 11.8 Å². The van der Waals surface area contributed by atoms with Crippen molar-refractivity contribution in [2.24, 2.45) is 0 Å². The molecule has 0 atom stereocenters. The first-order chi connectivity index (χ1) is 14.2. The molecule has 0 aliphatic heterocycles. The number of nitrogens with zero attached hydrogens (tertiary/aromatic N) is 3. The van der Waals surface area contributed by atoms with Gasteiger partial charge in [-0.25, -0.2) is 0 Å². The summed E-state index contributed by atoms with van der Waals surface area (Å²) < 4.78 is 8.14. The number of ether oxygens (including phenoxy) is 1. The van der Waals surface area contributed by atoms with Crippen molar-refractivity contribution in [3.63, 3.8) is 0 Å². The van der Waals surface area contributed by atoms with Crippen molar-refractivity contribution in [1.29, 1.82) is 0 Å². The molecular weight excluding hydrogens is 402 g/mol. The van der Waals surface area contributed by atoms with Gasteiger partial charge < -0.3 is 4.74 Å². The van der Waals surface area contributed by atoms with Crippen LogP contribution < -0.4 is 4.74 Å². The van der Waals surface area contributed by atoms with Crippen LogP contribution in [0.1, 0.15) is 5.56 Å². The lowest BCUT2D eigenvalue weighted by Gasteiger charge is -2.10. The number of aromatic nitrogens is 3. The second kappa shape index (κ2) is 7.58. The summed E-state index contributed by atoms with van der Waals surface area (Å²) in [4.78, 5) is 0. The minimum Gasteiger partial charge on any atom is -0.492 e. The van der Waals surface area contributed by atoms with Crippen LogP contribution in [-0.2, 0) is 0 Å². The van der Waals surface area contributed by atoms with Crippen LogP contribution in [0.4, 0.5) is 0 Å². The van der Waals surface area contributed by atoms with E-state index < -0.39 is 0 Å². The van der Waals surface area contributed by atoms with Crippen molar-refractivity contribution >= 4 is 50.7 Å². The second-order valence-electron chi connectivity index (χ2n) is 6.84. The Balaban J connectivity index is 1.37. The Morgan fingerprint density at radius 3 is 2.76 bits per heavy atom. The summed E-state index contributed by atoms with van der Waals surface area (Å²) in [7, 11) is 0. The van der Waals surface area contributed by atoms with Gasteiger partial charge in [0.05, 0.1) is 12.1 Å². The molecule has 144 valence electrons. The predicted octanol–water partition coefficient (Wildman–Crippen LogP) is 6.17. The first-order valence-corrected chi connectivity index (χ1v) is 10.7. The van der Waals surface area contributed by atoms with Gasteiger partial charge in [0.15, 0.2) is 10.8 Å². The van der Waals surface area contributed by atoms with Crippen LogP contribution >= 0.6 is 23.4 Å². The summed E-state index contributed by atoms with van der Waals surface area (Å²) in [6, 6.07) is 22.4. The molecule has 3 aromatic carbocycles. The highest BCUT2D eigenvalue weighted by Gasteiger charge is 2.12. The standard InChI is InChI=1S/C23H18ClN3OS/c1-15-13-22-25-26-23(27(22)20-10-9-17(24)14-19(15)20)29-12-11-28-21-8-4-6-16-5-2-3-7-18(16)21/h2-10,13-14H,11-12H2,1H3. The van der Waals surface area contributed by atoms with Gasteiger partial charge >= 0.3 is 0 Å². The maximum absolute atomic E-state index is 6.20. The molecule has 0 radical (unpaired) electrons. The molecule has 2 aromatic heterocycles. The lowest BCUT2D eigenvalue weighted by molar-refractivity contribution is 0.348. The number of pyridine rings is 1. The molecule has 0 spiro atoms. The molecule has 6 heteroatoms. The van der Waals surface area contributed by atoms with E-state index in [0.29, 0.717) is 6.61 Å². The Kier molecular flexibility index (Phi) is 4.78. The van der Waals surface area contributed by atoms with E-state index in [1.807, 2.05) is 48.5 Å². The Hall–Kier alpha value is -2.76. The molecule has 0 saturated heterocycles. The van der Waals surface area contributed by atoms with Crippen molar-refractivity contribution in [1.82, 2.24) is 14.6 Å². The maximum atomic E-state index is 6.20. The van der Waals surface area contributed by atoms with Gasteiger partial charge in [-0.2, -0.15) is 0 Å². The van der Waals surface area contributed by atoms with Gasteiger partial charge in [0.25, 0.3) is 0 Å². The highest BCUT2D eigenvalue weighted by atomic mass is 35.5. The third-order valence-corrected chi connectivity index (χ3v) is 6.08. The van der Waals surface area contributed by atoms with Crippen LogP contribution in [0.25, 0.3) is 27.3 Å². The van der Waals surface area contributed by atoms with Crippen LogP contribution in [0.2, 0.25) is 5.02 Å². The van der Waals surface area contributed by atoms with E-state index in [2.05, 4.69) is 39.7 Å². The molecule has 0 aliphatic carbocycles. The highest BCUT2D eigenvalue weighted by Crippen LogP contribution is 2.29. The van der Waals surface area contributed by atoms with E-state index in [-0.39, 0.29) is 0 Å². The SMILES string of the molecule is Cc1cc2nnc(SCCOc3cccc4ccccc34)n2c2ccc(Cl)cc12. The van der Waals surface area contributed by atoms with Crippen LogP contribution in [-0.4, -0.2) is 27.0 Å². The second-order valence-corrected chi connectivity index (χ2v) is 8.34. The third-order valence-electron chi connectivity index (χ3n) is 4.95. The topological polar surface area (TPSA) is 39.4 Å². The fourth-order valence-electron chi connectivity index (χ4n) is 3.59. The summed E-state index contributed by atoms with van der Waals surface area (Å²) >= 11 is 7.83. The van der Waals surface area contributed by atoms with E-state index in [0.717, 1.165) is 49.2 Å². The zero-order chi connectivity index (χ0) is 19.8. The molecule has 0 aliphatic rings. The van der Waals surface area contributed by atoms with Crippen LogP contribution in [0, 0.1) is 6.92 Å². The minimum atomic E-state index is 0.587. The minimum absolute atomic E-state index is 0.587. The number of benzene rings is 3. The lowest BCUT2D eigenvalue weighted by Crippen LogP contribution is -2.02. The average Bonchev–Trinajstić information content (AvgIpc) is 3.14. The summed E-state index contributed by atoms with van der Waals surface area (Å²) in [5, 5.41) is 13.7. The smallest absolute Gasteiger partial charge is 0.196 e. The van der Waals surface area contributed by atoms with E-state index in [4.69, 9.17) is 16.3 Å². The Morgan fingerprint density at radius 2 is 1.83 bits per heavy atom. The number of hydrogen-bond donors (Lipinski definition) is 0. The molecule has 0 unspecified atom stereocenters. The van der Waals surface area contributed by atoms with Crippen molar-refractivity contribution < 1.29 is 4.74 Å². The molecule has 0 bridgehead atoms. The van der Waals surface area contributed by atoms with Gasteiger partial charge in [-0.05, 0) is 48.2 Å². The van der Waals surface area contributed by atoms with E-state index >= 15 is 0 Å². The van der Waals surface area contributed by atoms with Crippen molar-refractivity contribution in [3.8, 4) is 5.75 Å². The molecule has 29 heavy (non-hydrogen) atoms. The molecular formula is C23H18ClN3OS. The summed E-state index contributed by atoms with van der Waals surface area (Å²) in [6.07, 6.45) is 0. The number of thioether (sulfide) groups is 1. The van der Waals surface area contributed by atoms with Crippen molar-refractivity contribution in [3.05, 3.63) is 77.3 Å². The Labute approximate surface area is 177 Å². The average molecular weight is 420 g/mol. The number of fused-ring (bicyclic) bond motifs is 4. The van der Waals surface area contributed by atoms with Crippen molar-refractivity contribution in [2.75, 3.05) is 12.4 Å². The van der Waals surface area contributed by atoms with Gasteiger partial charge in [0.2, 0.25) is 0 Å². The largest absolute Gasteiger partial charge is 0.492 e. The van der Waals surface area contributed by atoms with Gasteiger partial charge in [0.1, 0.15) is 5.75 Å². The third kappa shape index (κ3) is 3.41. The lowest BCUT2D eigenvalue weighted by atomic mass is 10.1. The van der Waals surface area contributed by atoms with Gasteiger partial charge in [-0.1, -0.05) is 59.8 Å². The van der Waals surface area contributed by atoms with Crippen LogP contribution in [0.5, 0.6) is 5.75 Å². The Bertz CT molecular complexity index is 1340. The maximum Gasteiger partial charge on any atom is 0.196 e. The summed E-state index contributed by atoms with van der Waals surface area (Å²) in [5.74, 6) is 1.68. The van der Waals surface area contributed by atoms with Crippen LogP contribution in [0.15, 0.2) is 71.9 Å².